The Labute approximate surface area is 150 Å². The van der Waals surface area contributed by atoms with Crippen molar-refractivity contribution in [3.8, 4) is 0 Å². The maximum absolute atomic E-state index is 12.2. The van der Waals surface area contributed by atoms with Gasteiger partial charge >= 0.3 is 0 Å². The fraction of sp³-hybridized carbons (Fsp3) is 0.650. The Morgan fingerprint density at radius 2 is 2.20 bits per heavy atom. The molecule has 1 fully saturated rings. The third kappa shape index (κ3) is 5.53. The molecule has 2 aliphatic heterocycles. The molecule has 0 bridgehead atoms. The van der Waals surface area contributed by atoms with Gasteiger partial charge in [-0.25, -0.2) is 0 Å². The molecule has 1 saturated heterocycles. The summed E-state index contributed by atoms with van der Waals surface area (Å²) in [4.78, 5) is 14.6. The predicted molar refractivity (Wildman–Crippen MR) is 97.4 cm³/mol. The van der Waals surface area contributed by atoms with Crippen LogP contribution in [0.3, 0.4) is 0 Å². The molecule has 138 valence electrons. The van der Waals surface area contributed by atoms with Crippen molar-refractivity contribution in [2.24, 2.45) is 0 Å². The van der Waals surface area contributed by atoms with Crippen molar-refractivity contribution in [1.29, 1.82) is 0 Å². The Balaban J connectivity index is 1.32. The van der Waals surface area contributed by atoms with E-state index in [4.69, 9.17) is 9.47 Å². The van der Waals surface area contributed by atoms with Gasteiger partial charge in [-0.2, -0.15) is 0 Å². The second kappa shape index (κ2) is 9.32. The zero-order chi connectivity index (χ0) is 17.5. The summed E-state index contributed by atoms with van der Waals surface area (Å²) in [5, 5.41) is 3.00. The van der Waals surface area contributed by atoms with Gasteiger partial charge in [0.2, 0.25) is 5.91 Å². The number of amides is 1. The highest BCUT2D eigenvalue weighted by atomic mass is 16.5. The highest BCUT2D eigenvalue weighted by Crippen LogP contribution is 2.17. The molecular weight excluding hydrogens is 316 g/mol. The predicted octanol–water partition coefficient (Wildman–Crippen LogP) is 2.14. The number of carbonyl (C=O) groups excluding carboxylic acids is 1. The van der Waals surface area contributed by atoms with Crippen LogP contribution in [0, 0.1) is 0 Å². The van der Waals surface area contributed by atoms with E-state index in [-0.39, 0.29) is 12.0 Å². The first-order chi connectivity index (χ1) is 12.2. The molecule has 0 aliphatic carbocycles. The monoisotopic (exact) mass is 346 g/mol. The summed E-state index contributed by atoms with van der Waals surface area (Å²) >= 11 is 0. The lowest BCUT2D eigenvalue weighted by Gasteiger charge is -2.29. The Morgan fingerprint density at radius 3 is 3.00 bits per heavy atom. The molecule has 5 heteroatoms. The van der Waals surface area contributed by atoms with Crippen molar-refractivity contribution in [2.45, 2.75) is 51.4 Å². The third-order valence-corrected chi connectivity index (χ3v) is 5.11. The number of rotatable bonds is 7. The van der Waals surface area contributed by atoms with Crippen molar-refractivity contribution in [3.05, 3.63) is 35.4 Å². The number of hydrogen-bond donors (Lipinski definition) is 1. The SMILES string of the molecule is C[C@@H](OC[C@H]1CCCCO1)C(=O)NCCN1CCc2ccccc2C1. The van der Waals surface area contributed by atoms with E-state index in [0.29, 0.717) is 13.2 Å². The highest BCUT2D eigenvalue weighted by Gasteiger charge is 2.19. The third-order valence-electron chi connectivity index (χ3n) is 5.11. The van der Waals surface area contributed by atoms with Gasteiger partial charge in [0.1, 0.15) is 6.10 Å². The molecule has 5 nitrogen and oxygen atoms in total. The lowest BCUT2D eigenvalue weighted by atomic mass is 10.00. The van der Waals surface area contributed by atoms with Crippen molar-refractivity contribution in [2.75, 3.05) is 32.8 Å². The second-order valence-electron chi connectivity index (χ2n) is 7.05. The van der Waals surface area contributed by atoms with Gasteiger partial charge in [0, 0.05) is 32.8 Å². The molecule has 1 amide bonds. The van der Waals surface area contributed by atoms with E-state index in [1.54, 1.807) is 0 Å². The minimum atomic E-state index is -0.424. The van der Waals surface area contributed by atoms with Crippen molar-refractivity contribution in [1.82, 2.24) is 10.2 Å². The van der Waals surface area contributed by atoms with Crippen LogP contribution in [-0.2, 0) is 27.2 Å². The van der Waals surface area contributed by atoms with Crippen LogP contribution in [-0.4, -0.2) is 55.9 Å². The Kier molecular flexibility index (Phi) is 6.84. The standard InChI is InChI=1S/C20H30N2O3/c1-16(25-15-19-8-4-5-13-24-19)20(23)21-10-12-22-11-9-17-6-2-3-7-18(17)14-22/h2-3,6-7,16,19H,4-5,8-15H2,1H3,(H,21,23)/t16-,19-/m1/s1. The zero-order valence-corrected chi connectivity index (χ0v) is 15.2. The lowest BCUT2D eigenvalue weighted by Crippen LogP contribution is -2.41. The molecule has 0 spiro atoms. The van der Waals surface area contributed by atoms with Crippen LogP contribution >= 0.6 is 0 Å². The van der Waals surface area contributed by atoms with E-state index in [2.05, 4.69) is 34.5 Å². The topological polar surface area (TPSA) is 50.8 Å². The normalized spacial score (nSPS) is 22.2. The van der Waals surface area contributed by atoms with E-state index >= 15 is 0 Å². The Hall–Kier alpha value is -1.43. The molecule has 3 rings (SSSR count). The molecule has 1 aromatic carbocycles. The number of carbonyl (C=O) groups is 1. The fourth-order valence-electron chi connectivity index (χ4n) is 3.49. The summed E-state index contributed by atoms with van der Waals surface area (Å²) in [6.07, 6.45) is 4.17. The number of benzene rings is 1. The molecular formula is C20H30N2O3. The average molecular weight is 346 g/mol. The van der Waals surface area contributed by atoms with Gasteiger partial charge in [-0.15, -0.1) is 0 Å². The number of fused-ring (bicyclic) bond motifs is 1. The van der Waals surface area contributed by atoms with Crippen LogP contribution in [0.5, 0.6) is 0 Å². The van der Waals surface area contributed by atoms with Crippen LogP contribution in [0.25, 0.3) is 0 Å². The second-order valence-corrected chi connectivity index (χ2v) is 7.05. The number of ether oxygens (including phenoxy) is 2. The van der Waals surface area contributed by atoms with E-state index < -0.39 is 6.10 Å². The van der Waals surface area contributed by atoms with Crippen LogP contribution < -0.4 is 5.32 Å². The molecule has 25 heavy (non-hydrogen) atoms. The smallest absolute Gasteiger partial charge is 0.248 e. The van der Waals surface area contributed by atoms with E-state index in [1.807, 2.05) is 6.92 Å². The molecule has 1 aromatic rings. The summed E-state index contributed by atoms with van der Waals surface area (Å²) in [6.45, 7) is 6.70. The largest absolute Gasteiger partial charge is 0.376 e. The maximum atomic E-state index is 12.2. The lowest BCUT2D eigenvalue weighted by molar-refractivity contribution is -0.135. The Bertz CT molecular complexity index is 558. The van der Waals surface area contributed by atoms with Gasteiger partial charge in [0.05, 0.1) is 12.7 Å². The first kappa shape index (κ1) is 18.4. The van der Waals surface area contributed by atoms with Gasteiger partial charge < -0.3 is 14.8 Å². The summed E-state index contributed by atoms with van der Waals surface area (Å²) in [7, 11) is 0. The molecule has 2 heterocycles. The van der Waals surface area contributed by atoms with Gasteiger partial charge in [0.25, 0.3) is 0 Å². The number of nitrogens with one attached hydrogen (secondary N) is 1. The minimum Gasteiger partial charge on any atom is -0.376 e. The Morgan fingerprint density at radius 1 is 1.36 bits per heavy atom. The minimum absolute atomic E-state index is 0.0341. The first-order valence-electron chi connectivity index (χ1n) is 9.52. The average Bonchev–Trinajstić information content (AvgIpc) is 2.66. The van der Waals surface area contributed by atoms with Crippen molar-refractivity contribution in [3.63, 3.8) is 0 Å². The molecule has 2 aliphatic rings. The van der Waals surface area contributed by atoms with Gasteiger partial charge in [0.15, 0.2) is 0 Å². The molecule has 0 aromatic heterocycles. The zero-order valence-electron chi connectivity index (χ0n) is 15.2. The molecule has 2 atom stereocenters. The molecule has 0 unspecified atom stereocenters. The van der Waals surface area contributed by atoms with Gasteiger partial charge in [-0.05, 0) is 43.7 Å². The quantitative estimate of drug-likeness (QED) is 0.822. The van der Waals surface area contributed by atoms with Gasteiger partial charge in [-0.3, -0.25) is 9.69 Å². The van der Waals surface area contributed by atoms with Crippen LogP contribution in [0.1, 0.15) is 37.3 Å². The van der Waals surface area contributed by atoms with Crippen LogP contribution in [0.2, 0.25) is 0 Å². The molecule has 0 radical (unpaired) electrons. The summed E-state index contributed by atoms with van der Waals surface area (Å²) in [5.41, 5.74) is 2.86. The molecule has 1 N–H and O–H groups in total. The van der Waals surface area contributed by atoms with E-state index in [1.165, 1.54) is 17.5 Å². The maximum Gasteiger partial charge on any atom is 0.248 e. The summed E-state index contributed by atoms with van der Waals surface area (Å²) in [5.74, 6) is -0.0341. The fourth-order valence-corrected chi connectivity index (χ4v) is 3.49. The highest BCUT2D eigenvalue weighted by molar-refractivity contribution is 5.80. The number of nitrogens with zero attached hydrogens (tertiary/aromatic N) is 1. The molecule has 0 saturated carbocycles. The van der Waals surface area contributed by atoms with E-state index in [9.17, 15) is 4.79 Å². The van der Waals surface area contributed by atoms with Crippen molar-refractivity contribution < 1.29 is 14.3 Å². The summed E-state index contributed by atoms with van der Waals surface area (Å²) < 4.78 is 11.3. The van der Waals surface area contributed by atoms with Gasteiger partial charge in [-0.1, -0.05) is 24.3 Å². The van der Waals surface area contributed by atoms with Crippen molar-refractivity contribution >= 4 is 5.91 Å². The van der Waals surface area contributed by atoms with Crippen LogP contribution in [0.4, 0.5) is 0 Å². The van der Waals surface area contributed by atoms with E-state index in [0.717, 1.165) is 45.5 Å². The van der Waals surface area contributed by atoms with Crippen LogP contribution in [0.15, 0.2) is 24.3 Å². The first-order valence-corrected chi connectivity index (χ1v) is 9.52. The number of hydrogen-bond acceptors (Lipinski definition) is 4. The summed E-state index contributed by atoms with van der Waals surface area (Å²) in [6, 6.07) is 8.61.